The van der Waals surface area contributed by atoms with E-state index in [0.717, 1.165) is 19.4 Å². The predicted octanol–water partition coefficient (Wildman–Crippen LogP) is 0.193. The van der Waals surface area contributed by atoms with Crippen LogP contribution in [0.4, 0.5) is 0 Å². The van der Waals surface area contributed by atoms with Crippen molar-refractivity contribution in [2.45, 2.75) is 45.7 Å². The van der Waals surface area contributed by atoms with E-state index in [0.29, 0.717) is 6.54 Å². The van der Waals surface area contributed by atoms with Crippen molar-refractivity contribution in [2.75, 3.05) is 19.6 Å². The van der Waals surface area contributed by atoms with Gasteiger partial charge in [-0.1, -0.05) is 0 Å². The van der Waals surface area contributed by atoms with Crippen LogP contribution in [0.2, 0.25) is 0 Å². The average Bonchev–Trinajstić information content (AvgIpc) is 2.27. The fourth-order valence-corrected chi connectivity index (χ4v) is 2.58. The first-order valence-electron chi connectivity index (χ1n) is 6.24. The molecule has 0 unspecified atom stereocenters. The summed E-state index contributed by atoms with van der Waals surface area (Å²) in [6.45, 7) is 7.03. The lowest BCUT2D eigenvalue weighted by molar-refractivity contribution is -0.139. The largest absolute Gasteiger partial charge is 0.340 e. The number of carbonyl (C=O) groups excluding carboxylic acids is 2. The Morgan fingerprint density at radius 2 is 2.12 bits per heavy atom. The third-order valence-corrected chi connectivity index (χ3v) is 3.24. The first-order chi connectivity index (χ1) is 7.97. The maximum Gasteiger partial charge on any atom is 0.236 e. The molecule has 1 atom stereocenters. The van der Waals surface area contributed by atoms with E-state index in [9.17, 15) is 9.59 Å². The van der Waals surface area contributed by atoms with Crippen molar-refractivity contribution in [3.8, 4) is 0 Å². The molecule has 0 aromatic rings. The van der Waals surface area contributed by atoms with Crippen LogP contribution >= 0.6 is 0 Å². The fraction of sp³-hybridized carbons (Fsp3) is 0.833. The first kappa shape index (κ1) is 14.0. The summed E-state index contributed by atoms with van der Waals surface area (Å²) >= 11 is 0. The number of nitrogens with two attached hydrogens (primary N) is 1. The van der Waals surface area contributed by atoms with Gasteiger partial charge in [-0.05, 0) is 26.7 Å². The molecule has 1 saturated heterocycles. The SMILES string of the molecule is CC(=O)N(C(C)C)[C@@H]1CCCN(C(=O)CN)C1. The van der Waals surface area contributed by atoms with Gasteiger partial charge in [0.1, 0.15) is 0 Å². The van der Waals surface area contributed by atoms with Gasteiger partial charge in [-0.2, -0.15) is 0 Å². The third-order valence-electron chi connectivity index (χ3n) is 3.24. The first-order valence-corrected chi connectivity index (χ1v) is 6.24. The maximum atomic E-state index is 11.6. The minimum absolute atomic E-state index is 0.0260. The van der Waals surface area contributed by atoms with Crippen LogP contribution in [0, 0.1) is 0 Å². The van der Waals surface area contributed by atoms with E-state index in [1.165, 1.54) is 0 Å². The highest BCUT2D eigenvalue weighted by Gasteiger charge is 2.29. The Kier molecular flexibility index (Phi) is 4.93. The predicted molar refractivity (Wildman–Crippen MR) is 66.3 cm³/mol. The zero-order valence-corrected chi connectivity index (χ0v) is 11.0. The second-order valence-electron chi connectivity index (χ2n) is 4.86. The maximum absolute atomic E-state index is 11.6. The lowest BCUT2D eigenvalue weighted by atomic mass is 10.0. The lowest BCUT2D eigenvalue weighted by Gasteiger charge is -2.41. The van der Waals surface area contributed by atoms with Crippen molar-refractivity contribution >= 4 is 11.8 Å². The molecule has 98 valence electrons. The quantitative estimate of drug-likeness (QED) is 0.767. The van der Waals surface area contributed by atoms with Crippen LogP contribution in [0.5, 0.6) is 0 Å². The molecule has 1 fully saturated rings. The molecular weight excluding hydrogens is 218 g/mol. The highest BCUT2D eigenvalue weighted by Crippen LogP contribution is 2.18. The number of likely N-dealkylation sites (tertiary alicyclic amines) is 1. The van der Waals surface area contributed by atoms with Gasteiger partial charge in [-0.3, -0.25) is 9.59 Å². The van der Waals surface area contributed by atoms with E-state index >= 15 is 0 Å². The van der Waals surface area contributed by atoms with Gasteiger partial charge in [0.2, 0.25) is 11.8 Å². The Labute approximate surface area is 103 Å². The monoisotopic (exact) mass is 241 g/mol. The van der Waals surface area contributed by atoms with Gasteiger partial charge < -0.3 is 15.5 Å². The molecule has 0 bridgehead atoms. The van der Waals surface area contributed by atoms with Crippen molar-refractivity contribution in [2.24, 2.45) is 5.73 Å². The Morgan fingerprint density at radius 3 is 2.59 bits per heavy atom. The smallest absolute Gasteiger partial charge is 0.236 e. The van der Waals surface area contributed by atoms with Gasteiger partial charge >= 0.3 is 0 Å². The van der Waals surface area contributed by atoms with E-state index in [-0.39, 0.29) is 30.4 Å². The van der Waals surface area contributed by atoms with Crippen LogP contribution in [0.1, 0.15) is 33.6 Å². The van der Waals surface area contributed by atoms with Gasteiger partial charge in [-0.15, -0.1) is 0 Å². The van der Waals surface area contributed by atoms with Gasteiger partial charge in [0.05, 0.1) is 6.54 Å². The number of amides is 2. The Morgan fingerprint density at radius 1 is 1.47 bits per heavy atom. The number of piperidine rings is 1. The van der Waals surface area contributed by atoms with Gasteiger partial charge in [0, 0.05) is 32.1 Å². The molecular formula is C12H23N3O2. The number of hydrogen-bond donors (Lipinski definition) is 1. The molecule has 1 rings (SSSR count). The highest BCUT2D eigenvalue weighted by atomic mass is 16.2. The number of nitrogens with zero attached hydrogens (tertiary/aromatic N) is 2. The molecule has 0 spiro atoms. The van der Waals surface area contributed by atoms with Crippen molar-refractivity contribution in [1.82, 2.24) is 9.80 Å². The van der Waals surface area contributed by atoms with Crippen molar-refractivity contribution < 1.29 is 9.59 Å². The molecule has 5 nitrogen and oxygen atoms in total. The van der Waals surface area contributed by atoms with Crippen LogP contribution in [-0.2, 0) is 9.59 Å². The lowest BCUT2D eigenvalue weighted by Crippen LogP contribution is -2.54. The van der Waals surface area contributed by atoms with Crippen LogP contribution < -0.4 is 5.73 Å². The zero-order valence-electron chi connectivity index (χ0n) is 11.0. The summed E-state index contributed by atoms with van der Waals surface area (Å²) in [4.78, 5) is 26.8. The highest BCUT2D eigenvalue weighted by molar-refractivity contribution is 5.78. The summed E-state index contributed by atoms with van der Waals surface area (Å²) in [6, 6.07) is 0.308. The summed E-state index contributed by atoms with van der Waals surface area (Å²) < 4.78 is 0. The van der Waals surface area contributed by atoms with Gasteiger partial charge in [0.25, 0.3) is 0 Å². The van der Waals surface area contributed by atoms with Crippen molar-refractivity contribution in [1.29, 1.82) is 0 Å². The summed E-state index contributed by atoms with van der Waals surface area (Å²) in [6.07, 6.45) is 1.90. The summed E-state index contributed by atoms with van der Waals surface area (Å²) in [7, 11) is 0. The van der Waals surface area contributed by atoms with E-state index < -0.39 is 0 Å². The number of carbonyl (C=O) groups is 2. The van der Waals surface area contributed by atoms with Crippen LogP contribution in [0.3, 0.4) is 0 Å². The molecule has 0 saturated carbocycles. The second kappa shape index (κ2) is 6.00. The summed E-state index contributed by atoms with van der Waals surface area (Å²) in [5.74, 6) is 0.0500. The fourth-order valence-electron chi connectivity index (χ4n) is 2.58. The summed E-state index contributed by atoms with van der Waals surface area (Å²) in [5, 5.41) is 0. The Hall–Kier alpha value is -1.10. The molecule has 1 aliphatic heterocycles. The van der Waals surface area contributed by atoms with E-state index in [2.05, 4.69) is 0 Å². The van der Waals surface area contributed by atoms with Crippen molar-refractivity contribution in [3.63, 3.8) is 0 Å². The van der Waals surface area contributed by atoms with Gasteiger partial charge in [0.15, 0.2) is 0 Å². The molecule has 2 N–H and O–H groups in total. The van der Waals surface area contributed by atoms with Crippen LogP contribution in [0.15, 0.2) is 0 Å². The van der Waals surface area contributed by atoms with Crippen LogP contribution in [-0.4, -0.2) is 53.3 Å². The second-order valence-corrected chi connectivity index (χ2v) is 4.86. The van der Waals surface area contributed by atoms with Crippen LogP contribution in [0.25, 0.3) is 0 Å². The van der Waals surface area contributed by atoms with E-state index in [1.807, 2.05) is 18.7 Å². The Bertz CT molecular complexity index is 291. The molecule has 1 aliphatic rings. The minimum atomic E-state index is -0.0260. The molecule has 17 heavy (non-hydrogen) atoms. The third kappa shape index (κ3) is 3.43. The van der Waals surface area contributed by atoms with Crippen molar-refractivity contribution in [3.05, 3.63) is 0 Å². The number of rotatable bonds is 3. The van der Waals surface area contributed by atoms with Gasteiger partial charge in [-0.25, -0.2) is 0 Å². The minimum Gasteiger partial charge on any atom is -0.340 e. The van der Waals surface area contributed by atoms with E-state index in [1.54, 1.807) is 11.8 Å². The molecule has 0 radical (unpaired) electrons. The number of hydrogen-bond acceptors (Lipinski definition) is 3. The van der Waals surface area contributed by atoms with E-state index in [4.69, 9.17) is 5.73 Å². The normalized spacial score (nSPS) is 20.5. The molecule has 0 aliphatic carbocycles. The Balaban J connectivity index is 2.70. The summed E-state index contributed by atoms with van der Waals surface area (Å²) in [5.41, 5.74) is 5.37. The molecule has 0 aromatic carbocycles. The zero-order chi connectivity index (χ0) is 13.0. The topological polar surface area (TPSA) is 66.6 Å². The molecule has 0 aromatic heterocycles. The molecule has 2 amide bonds. The molecule has 5 heteroatoms. The standard InChI is InChI=1S/C12H23N3O2/c1-9(2)15(10(3)16)11-5-4-6-14(8-11)12(17)7-13/h9,11H,4-8,13H2,1-3H3/t11-/m1/s1. The average molecular weight is 241 g/mol. The molecule has 1 heterocycles.